The SMILES string of the molecule is N#Cc1c2c(c(N3CCN(CCOc4cccc5ccccc45)CC3)n3c1nc1ccccc13)CCCC2. The number of aromatic nitrogens is 2. The van der Waals surface area contributed by atoms with Crippen molar-refractivity contribution in [3.8, 4) is 11.8 Å². The second-order valence-corrected chi connectivity index (χ2v) is 10.4. The van der Waals surface area contributed by atoms with Crippen LogP contribution in [0.4, 0.5) is 5.82 Å². The summed E-state index contributed by atoms with van der Waals surface area (Å²) < 4.78 is 8.51. The van der Waals surface area contributed by atoms with Crippen molar-refractivity contribution in [3.63, 3.8) is 0 Å². The number of fused-ring (bicyclic) bond motifs is 5. The highest BCUT2D eigenvalue weighted by atomic mass is 16.5. The van der Waals surface area contributed by atoms with Crippen LogP contribution in [0.3, 0.4) is 0 Å². The number of benzene rings is 3. The summed E-state index contributed by atoms with van der Waals surface area (Å²) in [7, 11) is 0. The molecule has 0 atom stereocenters. The van der Waals surface area contributed by atoms with E-state index < -0.39 is 0 Å². The van der Waals surface area contributed by atoms with Crippen LogP contribution in [0.1, 0.15) is 29.5 Å². The first-order valence-corrected chi connectivity index (χ1v) is 13.7. The number of imidazole rings is 1. The van der Waals surface area contributed by atoms with Gasteiger partial charge in [0.15, 0.2) is 5.65 Å². The van der Waals surface area contributed by atoms with Gasteiger partial charge >= 0.3 is 0 Å². The molecule has 5 aromatic rings. The molecule has 1 saturated heterocycles. The molecule has 0 radical (unpaired) electrons. The number of ether oxygens (including phenoxy) is 1. The lowest BCUT2D eigenvalue weighted by molar-refractivity contribution is 0.201. The molecular formula is C32H31N5O. The molecule has 0 saturated carbocycles. The Balaban J connectivity index is 1.13. The zero-order valence-electron chi connectivity index (χ0n) is 21.6. The van der Waals surface area contributed by atoms with Crippen LogP contribution in [0.5, 0.6) is 5.75 Å². The third-order valence-corrected chi connectivity index (χ3v) is 8.23. The number of rotatable bonds is 5. The Morgan fingerprint density at radius 2 is 1.61 bits per heavy atom. The quantitative estimate of drug-likeness (QED) is 0.314. The van der Waals surface area contributed by atoms with E-state index in [0.29, 0.717) is 6.61 Å². The fourth-order valence-corrected chi connectivity index (χ4v) is 6.35. The van der Waals surface area contributed by atoms with Crippen molar-refractivity contribution in [2.75, 3.05) is 44.2 Å². The van der Waals surface area contributed by atoms with Gasteiger partial charge in [0.2, 0.25) is 0 Å². The maximum Gasteiger partial charge on any atom is 0.157 e. The Labute approximate surface area is 222 Å². The van der Waals surface area contributed by atoms with E-state index >= 15 is 0 Å². The third-order valence-electron chi connectivity index (χ3n) is 8.23. The van der Waals surface area contributed by atoms with Gasteiger partial charge in [-0.15, -0.1) is 0 Å². The molecule has 3 heterocycles. The minimum absolute atomic E-state index is 0.677. The van der Waals surface area contributed by atoms with E-state index in [1.165, 1.54) is 34.1 Å². The lowest BCUT2D eigenvalue weighted by Gasteiger charge is -2.38. The van der Waals surface area contributed by atoms with E-state index in [2.05, 4.69) is 80.9 Å². The number of piperazine rings is 1. The smallest absolute Gasteiger partial charge is 0.157 e. The fraction of sp³-hybridized carbons (Fsp3) is 0.312. The van der Waals surface area contributed by atoms with Gasteiger partial charge < -0.3 is 9.64 Å². The minimum Gasteiger partial charge on any atom is -0.492 e. The summed E-state index contributed by atoms with van der Waals surface area (Å²) in [6.45, 7) is 5.47. The molecular weight excluding hydrogens is 470 g/mol. The van der Waals surface area contributed by atoms with Gasteiger partial charge in [0.1, 0.15) is 24.2 Å². The van der Waals surface area contributed by atoms with E-state index in [4.69, 9.17) is 9.72 Å². The number of hydrogen-bond acceptors (Lipinski definition) is 5. The summed E-state index contributed by atoms with van der Waals surface area (Å²) in [5.74, 6) is 2.22. The van der Waals surface area contributed by atoms with Crippen LogP contribution < -0.4 is 9.64 Å². The van der Waals surface area contributed by atoms with Gasteiger partial charge in [-0.1, -0.05) is 48.5 Å². The first-order chi connectivity index (χ1) is 18.8. The number of para-hydroxylation sites is 2. The normalized spacial score (nSPS) is 16.1. The van der Waals surface area contributed by atoms with Crippen LogP contribution >= 0.6 is 0 Å². The van der Waals surface area contributed by atoms with Gasteiger partial charge in [-0.2, -0.15) is 5.26 Å². The lowest BCUT2D eigenvalue weighted by atomic mass is 9.88. The summed E-state index contributed by atoms with van der Waals surface area (Å²) >= 11 is 0. The maximum absolute atomic E-state index is 10.1. The Morgan fingerprint density at radius 3 is 2.47 bits per heavy atom. The summed E-state index contributed by atoms with van der Waals surface area (Å²) in [5, 5.41) is 12.5. The van der Waals surface area contributed by atoms with Crippen molar-refractivity contribution < 1.29 is 4.74 Å². The highest BCUT2D eigenvalue weighted by Gasteiger charge is 2.29. The van der Waals surface area contributed by atoms with Crippen molar-refractivity contribution in [2.24, 2.45) is 0 Å². The monoisotopic (exact) mass is 501 g/mol. The van der Waals surface area contributed by atoms with E-state index in [1.54, 1.807) is 0 Å². The van der Waals surface area contributed by atoms with Crippen LogP contribution in [0.15, 0.2) is 66.7 Å². The van der Waals surface area contributed by atoms with Gasteiger partial charge in [-0.05, 0) is 60.4 Å². The van der Waals surface area contributed by atoms with E-state index in [0.717, 1.165) is 80.0 Å². The van der Waals surface area contributed by atoms with Gasteiger partial charge in [0, 0.05) is 38.1 Å². The van der Waals surface area contributed by atoms with Crippen molar-refractivity contribution in [1.29, 1.82) is 5.26 Å². The first-order valence-electron chi connectivity index (χ1n) is 13.7. The molecule has 0 N–H and O–H groups in total. The Morgan fingerprint density at radius 1 is 0.842 bits per heavy atom. The van der Waals surface area contributed by atoms with Gasteiger partial charge in [-0.3, -0.25) is 9.30 Å². The Kier molecular flexibility index (Phi) is 5.87. The van der Waals surface area contributed by atoms with Gasteiger partial charge in [-0.25, -0.2) is 4.98 Å². The molecule has 0 bridgehead atoms. The zero-order chi connectivity index (χ0) is 25.5. The van der Waals surface area contributed by atoms with Crippen LogP contribution in [0.25, 0.3) is 27.5 Å². The molecule has 0 amide bonds. The standard InChI is InChI=1S/C32H31N5O/c33-22-27-25-11-3-4-12-26(25)32(37-29-14-6-5-13-28(29)34-31(27)37)36-18-16-35(17-19-36)20-21-38-30-15-7-9-23-8-1-2-10-24(23)30/h1-2,5-10,13-15H,3-4,11-12,16-21H2. The molecule has 6 heteroatoms. The second-order valence-electron chi connectivity index (χ2n) is 10.4. The molecule has 2 aliphatic rings. The maximum atomic E-state index is 10.1. The van der Waals surface area contributed by atoms with Crippen LogP contribution in [-0.2, 0) is 12.8 Å². The molecule has 2 aromatic heterocycles. The Bertz CT molecular complexity index is 1680. The predicted octanol–water partition coefficient (Wildman–Crippen LogP) is 5.59. The van der Waals surface area contributed by atoms with Crippen molar-refractivity contribution in [3.05, 3.63) is 83.4 Å². The molecule has 190 valence electrons. The van der Waals surface area contributed by atoms with Gasteiger partial charge in [0.25, 0.3) is 0 Å². The fourth-order valence-electron chi connectivity index (χ4n) is 6.35. The molecule has 3 aromatic carbocycles. The van der Waals surface area contributed by atoms with Crippen molar-refractivity contribution in [1.82, 2.24) is 14.3 Å². The molecule has 7 rings (SSSR count). The van der Waals surface area contributed by atoms with Crippen LogP contribution in [0.2, 0.25) is 0 Å². The van der Waals surface area contributed by atoms with Crippen LogP contribution in [-0.4, -0.2) is 53.6 Å². The van der Waals surface area contributed by atoms with Gasteiger partial charge in [0.05, 0.1) is 16.6 Å². The molecule has 1 aliphatic carbocycles. The van der Waals surface area contributed by atoms with Crippen molar-refractivity contribution in [2.45, 2.75) is 25.7 Å². The number of nitrogens with zero attached hydrogens (tertiary/aromatic N) is 5. The largest absolute Gasteiger partial charge is 0.492 e. The average molecular weight is 502 g/mol. The number of hydrogen-bond donors (Lipinski definition) is 0. The number of pyridine rings is 1. The molecule has 1 fully saturated rings. The zero-order valence-corrected chi connectivity index (χ0v) is 21.6. The summed E-state index contributed by atoms with van der Waals surface area (Å²) in [6.07, 6.45) is 4.31. The molecule has 38 heavy (non-hydrogen) atoms. The van der Waals surface area contributed by atoms with E-state index in [1.807, 2.05) is 6.07 Å². The topological polar surface area (TPSA) is 56.8 Å². The minimum atomic E-state index is 0.677. The first kappa shape index (κ1) is 23.1. The summed E-state index contributed by atoms with van der Waals surface area (Å²) in [4.78, 5) is 9.98. The van der Waals surface area contributed by atoms with E-state index in [9.17, 15) is 5.26 Å². The number of anilines is 1. The number of nitriles is 1. The predicted molar refractivity (Wildman–Crippen MR) is 152 cm³/mol. The molecule has 6 nitrogen and oxygen atoms in total. The summed E-state index contributed by atoms with van der Waals surface area (Å²) in [5.41, 5.74) is 6.21. The summed E-state index contributed by atoms with van der Waals surface area (Å²) in [6, 6.07) is 25.5. The van der Waals surface area contributed by atoms with E-state index in [-0.39, 0.29) is 0 Å². The third kappa shape index (κ3) is 3.86. The highest BCUT2D eigenvalue weighted by molar-refractivity contribution is 5.88. The molecule has 0 spiro atoms. The molecule has 0 unspecified atom stereocenters. The van der Waals surface area contributed by atoms with Crippen LogP contribution in [0, 0.1) is 11.3 Å². The molecule has 1 aliphatic heterocycles. The second kappa shape index (κ2) is 9.66. The average Bonchev–Trinajstić information content (AvgIpc) is 3.35. The Hall–Kier alpha value is -4.08. The van der Waals surface area contributed by atoms with Crippen molar-refractivity contribution >= 4 is 33.3 Å². The highest BCUT2D eigenvalue weighted by Crippen LogP contribution is 2.37. The lowest BCUT2D eigenvalue weighted by Crippen LogP contribution is -2.48.